The molecule has 3 aromatic rings. The number of nitrogens with zero attached hydrogens (tertiary/aromatic N) is 3. The van der Waals surface area contributed by atoms with Crippen LogP contribution in [-0.2, 0) is 15.6 Å². The van der Waals surface area contributed by atoms with Crippen molar-refractivity contribution < 1.29 is 12.9 Å². The van der Waals surface area contributed by atoms with Crippen LogP contribution in [0.4, 0.5) is 0 Å². The molecule has 0 N–H and O–H groups in total. The Morgan fingerprint density at radius 2 is 1.79 bits per heavy atom. The molecular formula is C12H9N3O3S. The molecule has 1 aromatic carbocycles. The van der Waals surface area contributed by atoms with E-state index < -0.39 is 9.84 Å². The quantitative estimate of drug-likeness (QED) is 0.675. The molecule has 0 radical (unpaired) electrons. The van der Waals surface area contributed by atoms with Crippen LogP contribution in [0.15, 0.2) is 52.4 Å². The van der Waals surface area contributed by atoms with Gasteiger partial charge in [-0.05, 0) is 18.2 Å². The Bertz CT molecular complexity index is 812. The van der Waals surface area contributed by atoms with Gasteiger partial charge in [-0.2, -0.15) is 0 Å². The molecule has 0 atom stereocenters. The van der Waals surface area contributed by atoms with Crippen LogP contribution < -0.4 is 0 Å². The first-order chi connectivity index (χ1) is 9.17. The van der Waals surface area contributed by atoms with E-state index in [9.17, 15) is 8.42 Å². The molecule has 0 amide bonds. The van der Waals surface area contributed by atoms with Crippen LogP contribution in [0, 0.1) is 0 Å². The fraction of sp³-hybridized carbons (Fsp3) is 0.0833. The number of para-hydroxylation sites is 1. The Morgan fingerprint density at radius 3 is 2.58 bits per heavy atom. The average molecular weight is 275 g/mol. The lowest BCUT2D eigenvalue weighted by Gasteiger charge is -1.99. The topological polar surface area (TPSA) is 86.0 Å². The molecule has 0 bridgehead atoms. The van der Waals surface area contributed by atoms with E-state index in [0.29, 0.717) is 16.7 Å². The fourth-order valence-corrected chi connectivity index (χ4v) is 2.87. The van der Waals surface area contributed by atoms with E-state index in [-0.39, 0.29) is 10.9 Å². The second-order valence-corrected chi connectivity index (χ2v) is 5.80. The average Bonchev–Trinajstić information content (AvgIpc) is 2.83. The molecule has 0 spiro atoms. The summed E-state index contributed by atoms with van der Waals surface area (Å²) in [5.41, 5.74) is 0.921. The molecule has 0 saturated heterocycles. The number of fused-ring (bicyclic) bond motifs is 1. The van der Waals surface area contributed by atoms with Gasteiger partial charge < -0.3 is 4.52 Å². The molecule has 0 aliphatic rings. The van der Waals surface area contributed by atoms with E-state index in [1.54, 1.807) is 30.3 Å². The molecule has 7 heteroatoms. The largest absolute Gasteiger partial charge is 0.356 e. The molecule has 3 rings (SSSR count). The molecule has 0 aliphatic heterocycles. The van der Waals surface area contributed by atoms with Crippen molar-refractivity contribution >= 4 is 20.8 Å². The number of hydrogen-bond donors (Lipinski definition) is 0. The van der Waals surface area contributed by atoms with Crippen LogP contribution in [-0.4, -0.2) is 23.5 Å². The Balaban J connectivity index is 2.02. The minimum absolute atomic E-state index is 0.206. The Labute approximate surface area is 109 Å². The third-order valence-electron chi connectivity index (χ3n) is 2.60. The van der Waals surface area contributed by atoms with Gasteiger partial charge in [-0.1, -0.05) is 17.3 Å². The monoisotopic (exact) mass is 275 g/mol. The summed E-state index contributed by atoms with van der Waals surface area (Å²) in [6.07, 6.45) is 2.78. The van der Waals surface area contributed by atoms with E-state index in [1.165, 1.54) is 12.4 Å². The number of rotatable bonds is 3. The lowest BCUT2D eigenvalue weighted by molar-refractivity contribution is 0.448. The van der Waals surface area contributed by atoms with Gasteiger partial charge in [0.05, 0.1) is 0 Å². The van der Waals surface area contributed by atoms with Crippen LogP contribution >= 0.6 is 0 Å². The lowest BCUT2D eigenvalue weighted by Crippen LogP contribution is -2.09. The van der Waals surface area contributed by atoms with Gasteiger partial charge in [0.2, 0.25) is 15.0 Å². The van der Waals surface area contributed by atoms with Crippen LogP contribution in [0.3, 0.4) is 0 Å². The predicted octanol–water partition coefficient (Wildman–Crippen LogP) is 1.59. The van der Waals surface area contributed by atoms with E-state index in [2.05, 4.69) is 15.1 Å². The molecule has 0 unspecified atom stereocenters. The highest BCUT2D eigenvalue weighted by molar-refractivity contribution is 7.90. The van der Waals surface area contributed by atoms with Crippen molar-refractivity contribution in [2.45, 2.75) is 10.9 Å². The summed E-state index contributed by atoms with van der Waals surface area (Å²) in [7, 11) is -3.62. The zero-order valence-corrected chi connectivity index (χ0v) is 10.5. The van der Waals surface area contributed by atoms with Gasteiger partial charge in [0.15, 0.2) is 5.58 Å². The lowest BCUT2D eigenvalue weighted by atomic mass is 10.2. The first-order valence-corrected chi connectivity index (χ1v) is 7.15. The minimum Gasteiger partial charge on any atom is -0.356 e. The van der Waals surface area contributed by atoms with E-state index in [4.69, 9.17) is 4.52 Å². The van der Waals surface area contributed by atoms with Crippen molar-refractivity contribution in [1.29, 1.82) is 0 Å². The predicted molar refractivity (Wildman–Crippen MR) is 66.9 cm³/mol. The molecule has 96 valence electrons. The summed E-state index contributed by atoms with van der Waals surface area (Å²) in [6.45, 7) is 0. The first kappa shape index (κ1) is 11.8. The van der Waals surface area contributed by atoms with Crippen LogP contribution in [0.1, 0.15) is 5.69 Å². The summed E-state index contributed by atoms with van der Waals surface area (Å²) < 4.78 is 29.3. The van der Waals surface area contributed by atoms with Crippen LogP contribution in [0.25, 0.3) is 11.0 Å². The van der Waals surface area contributed by atoms with Gasteiger partial charge in [0.25, 0.3) is 0 Å². The minimum atomic E-state index is -3.62. The molecule has 0 saturated carbocycles. The Morgan fingerprint density at radius 1 is 1.05 bits per heavy atom. The molecular weight excluding hydrogens is 266 g/mol. The smallest absolute Gasteiger partial charge is 0.247 e. The summed E-state index contributed by atoms with van der Waals surface area (Å²) in [5.74, 6) is -0.284. The van der Waals surface area contributed by atoms with Gasteiger partial charge >= 0.3 is 0 Å². The molecule has 6 nitrogen and oxygen atoms in total. The van der Waals surface area contributed by atoms with E-state index in [1.807, 2.05) is 0 Å². The summed E-state index contributed by atoms with van der Waals surface area (Å²) in [6, 6.07) is 8.66. The van der Waals surface area contributed by atoms with Gasteiger partial charge in [0.1, 0.15) is 11.4 Å². The third kappa shape index (κ3) is 2.19. The maximum absolute atomic E-state index is 12.1. The highest BCUT2D eigenvalue weighted by Crippen LogP contribution is 2.21. The number of hydrogen-bond acceptors (Lipinski definition) is 6. The molecule has 19 heavy (non-hydrogen) atoms. The van der Waals surface area contributed by atoms with Gasteiger partial charge in [-0.15, -0.1) is 0 Å². The van der Waals surface area contributed by atoms with Crippen molar-refractivity contribution in [1.82, 2.24) is 15.1 Å². The second-order valence-electron chi connectivity index (χ2n) is 3.92. The van der Waals surface area contributed by atoms with Gasteiger partial charge in [-0.25, -0.2) is 18.4 Å². The third-order valence-corrected chi connectivity index (χ3v) is 4.02. The summed E-state index contributed by atoms with van der Waals surface area (Å²) >= 11 is 0. The normalized spacial score (nSPS) is 11.8. The zero-order chi connectivity index (χ0) is 13.3. The number of sulfone groups is 1. The van der Waals surface area contributed by atoms with Crippen LogP contribution in [0.5, 0.6) is 0 Å². The van der Waals surface area contributed by atoms with Crippen molar-refractivity contribution in [2.75, 3.05) is 0 Å². The molecule has 0 aliphatic carbocycles. The van der Waals surface area contributed by atoms with Crippen molar-refractivity contribution in [3.8, 4) is 0 Å². The standard InChI is InChI=1S/C12H9N3O3S/c16-19(17,12-13-6-3-7-14-12)8-10-9-4-1-2-5-11(9)18-15-10/h1-7H,8H2. The van der Waals surface area contributed by atoms with Crippen LogP contribution in [0.2, 0.25) is 0 Å². The second kappa shape index (κ2) is 4.43. The Hall–Kier alpha value is -2.28. The Kier molecular flexibility index (Phi) is 2.75. The highest BCUT2D eigenvalue weighted by Gasteiger charge is 2.22. The molecule has 0 fully saturated rings. The van der Waals surface area contributed by atoms with Gasteiger partial charge in [-0.3, -0.25) is 0 Å². The van der Waals surface area contributed by atoms with Crippen molar-refractivity contribution in [3.63, 3.8) is 0 Å². The zero-order valence-electron chi connectivity index (χ0n) is 9.72. The van der Waals surface area contributed by atoms with E-state index >= 15 is 0 Å². The van der Waals surface area contributed by atoms with Gasteiger partial charge in [0, 0.05) is 17.8 Å². The number of aromatic nitrogens is 3. The van der Waals surface area contributed by atoms with Crippen molar-refractivity contribution in [2.24, 2.45) is 0 Å². The first-order valence-electron chi connectivity index (χ1n) is 5.50. The van der Waals surface area contributed by atoms with Crippen molar-refractivity contribution in [3.05, 3.63) is 48.4 Å². The molecule has 2 aromatic heterocycles. The summed E-state index contributed by atoms with van der Waals surface area (Å²) in [5, 5.41) is 4.27. The number of benzene rings is 1. The highest BCUT2D eigenvalue weighted by atomic mass is 32.2. The van der Waals surface area contributed by atoms with E-state index in [0.717, 1.165) is 0 Å². The summed E-state index contributed by atoms with van der Waals surface area (Å²) in [4.78, 5) is 7.51. The fourth-order valence-electron chi connectivity index (χ4n) is 1.73. The maximum atomic E-state index is 12.1. The maximum Gasteiger partial charge on any atom is 0.247 e. The SMILES string of the molecule is O=S(=O)(Cc1noc2ccccc12)c1ncccn1. The molecule has 2 heterocycles.